The monoisotopic (exact) mass is 145 g/mol. The molecule has 0 saturated heterocycles. The van der Waals surface area contributed by atoms with Gasteiger partial charge in [0, 0.05) is 0 Å². The molecule has 0 aliphatic rings. The minimum absolute atomic E-state index is 1.08. The van der Waals surface area contributed by atoms with Crippen molar-refractivity contribution in [2.75, 3.05) is 0 Å². The predicted octanol–water partition coefficient (Wildman–Crippen LogP) is 2.89. The minimum atomic E-state index is 1.08. The first kappa shape index (κ1) is 8.06. The molecule has 0 spiro atoms. The quantitative estimate of drug-likeness (QED) is 0.600. The van der Waals surface area contributed by atoms with E-state index in [-0.39, 0.29) is 0 Å². The molecule has 0 aromatic heterocycles. The maximum absolute atomic E-state index is 3.62. The highest BCUT2D eigenvalue weighted by atomic mass is 14.0. The SMILES string of the molecule is C=[C]c1cc(C)cc(CC)c1. The van der Waals surface area contributed by atoms with Crippen LogP contribution in [0.2, 0.25) is 0 Å². The van der Waals surface area contributed by atoms with E-state index in [9.17, 15) is 0 Å². The molecule has 0 aliphatic carbocycles. The highest BCUT2D eigenvalue weighted by Gasteiger charge is 1.92. The lowest BCUT2D eigenvalue weighted by molar-refractivity contribution is 1.13. The molecule has 11 heavy (non-hydrogen) atoms. The molecular formula is C11H13. The Morgan fingerprint density at radius 2 is 2.09 bits per heavy atom. The van der Waals surface area contributed by atoms with Gasteiger partial charge in [0.2, 0.25) is 0 Å². The molecule has 1 aromatic carbocycles. The molecule has 0 N–H and O–H groups in total. The third-order valence-electron chi connectivity index (χ3n) is 1.75. The van der Waals surface area contributed by atoms with Crippen molar-refractivity contribution in [2.45, 2.75) is 20.3 Å². The molecule has 0 aliphatic heterocycles. The Hall–Kier alpha value is -1.04. The molecule has 0 heteroatoms. The average Bonchev–Trinajstić information content (AvgIpc) is 2.03. The molecule has 1 rings (SSSR count). The van der Waals surface area contributed by atoms with Gasteiger partial charge in [0.1, 0.15) is 0 Å². The van der Waals surface area contributed by atoms with Crippen LogP contribution in [0.25, 0.3) is 0 Å². The van der Waals surface area contributed by atoms with Crippen LogP contribution in [0, 0.1) is 13.0 Å². The second-order valence-electron chi connectivity index (χ2n) is 2.74. The molecule has 57 valence electrons. The highest BCUT2D eigenvalue weighted by molar-refractivity contribution is 5.32. The van der Waals surface area contributed by atoms with E-state index in [1.54, 1.807) is 0 Å². The van der Waals surface area contributed by atoms with Gasteiger partial charge in [0.25, 0.3) is 0 Å². The first-order chi connectivity index (χ1) is 5.26. The number of hydrogen-bond acceptors (Lipinski definition) is 0. The lowest BCUT2D eigenvalue weighted by Crippen LogP contribution is -1.84. The molecule has 1 radical (unpaired) electrons. The summed E-state index contributed by atoms with van der Waals surface area (Å²) in [5.74, 6) is 0. The standard InChI is InChI=1S/C11H13/c1-4-10-6-9(3)7-11(5-2)8-10/h6-8H,1,5H2,2-3H3. The van der Waals surface area contributed by atoms with Crippen molar-refractivity contribution in [3.05, 3.63) is 47.5 Å². The molecular weight excluding hydrogens is 132 g/mol. The zero-order valence-electron chi connectivity index (χ0n) is 7.15. The predicted molar refractivity (Wildman–Crippen MR) is 48.5 cm³/mol. The van der Waals surface area contributed by atoms with Crippen LogP contribution in [-0.4, -0.2) is 0 Å². The normalized spacial score (nSPS) is 9.64. The zero-order valence-corrected chi connectivity index (χ0v) is 7.15. The third kappa shape index (κ3) is 1.94. The number of rotatable bonds is 2. The Bertz CT molecular complexity index is 259. The first-order valence-electron chi connectivity index (χ1n) is 3.90. The summed E-state index contributed by atoms with van der Waals surface area (Å²) in [6.45, 7) is 7.87. The van der Waals surface area contributed by atoms with Gasteiger partial charge in [-0.2, -0.15) is 0 Å². The van der Waals surface area contributed by atoms with Crippen LogP contribution in [0.15, 0.2) is 24.8 Å². The fourth-order valence-electron chi connectivity index (χ4n) is 1.17. The topological polar surface area (TPSA) is 0 Å². The van der Waals surface area contributed by atoms with Crippen molar-refractivity contribution in [1.82, 2.24) is 0 Å². The van der Waals surface area contributed by atoms with Crippen molar-refractivity contribution < 1.29 is 0 Å². The molecule has 1 aromatic rings. The Balaban J connectivity index is 3.11. The minimum Gasteiger partial charge on any atom is -0.0906 e. The summed E-state index contributed by atoms with van der Waals surface area (Å²) < 4.78 is 0. The van der Waals surface area contributed by atoms with E-state index < -0.39 is 0 Å². The Morgan fingerprint density at radius 3 is 2.64 bits per heavy atom. The van der Waals surface area contributed by atoms with Crippen molar-refractivity contribution in [3.8, 4) is 0 Å². The molecule has 0 fully saturated rings. The van der Waals surface area contributed by atoms with Crippen LogP contribution in [0.5, 0.6) is 0 Å². The summed E-state index contributed by atoms with van der Waals surface area (Å²) in [6, 6.07) is 6.41. The molecule has 0 amide bonds. The largest absolute Gasteiger partial charge is 0.0906 e. The van der Waals surface area contributed by atoms with Gasteiger partial charge in [-0.3, -0.25) is 0 Å². The van der Waals surface area contributed by atoms with E-state index in [0.717, 1.165) is 12.0 Å². The fourth-order valence-corrected chi connectivity index (χ4v) is 1.17. The summed E-state index contributed by atoms with van der Waals surface area (Å²) in [7, 11) is 0. The van der Waals surface area contributed by atoms with Crippen LogP contribution in [0.4, 0.5) is 0 Å². The van der Waals surface area contributed by atoms with Crippen molar-refractivity contribution >= 4 is 0 Å². The van der Waals surface area contributed by atoms with Crippen molar-refractivity contribution in [3.63, 3.8) is 0 Å². The van der Waals surface area contributed by atoms with E-state index in [1.807, 2.05) is 0 Å². The van der Waals surface area contributed by atoms with Gasteiger partial charge in [0.15, 0.2) is 0 Å². The van der Waals surface area contributed by atoms with Crippen LogP contribution < -0.4 is 0 Å². The number of hydrogen-bond donors (Lipinski definition) is 0. The van der Waals surface area contributed by atoms with E-state index in [1.165, 1.54) is 11.1 Å². The molecule has 0 saturated carbocycles. The van der Waals surface area contributed by atoms with Gasteiger partial charge >= 0.3 is 0 Å². The van der Waals surface area contributed by atoms with E-state index in [0.29, 0.717) is 0 Å². The van der Waals surface area contributed by atoms with E-state index in [4.69, 9.17) is 0 Å². The highest BCUT2D eigenvalue weighted by Crippen LogP contribution is 2.09. The Kier molecular flexibility index (Phi) is 2.48. The molecule has 0 bridgehead atoms. The molecule has 0 heterocycles. The second kappa shape index (κ2) is 3.38. The van der Waals surface area contributed by atoms with E-state index in [2.05, 4.69) is 44.7 Å². The van der Waals surface area contributed by atoms with Crippen LogP contribution in [0.3, 0.4) is 0 Å². The van der Waals surface area contributed by atoms with Crippen LogP contribution in [0.1, 0.15) is 23.6 Å². The third-order valence-corrected chi connectivity index (χ3v) is 1.75. The number of aryl methyl sites for hydroxylation is 2. The van der Waals surface area contributed by atoms with Gasteiger partial charge in [-0.15, -0.1) is 0 Å². The lowest BCUT2D eigenvalue weighted by Gasteiger charge is -2.00. The van der Waals surface area contributed by atoms with Crippen LogP contribution >= 0.6 is 0 Å². The Labute approximate surface area is 68.6 Å². The van der Waals surface area contributed by atoms with Crippen LogP contribution in [-0.2, 0) is 6.42 Å². The van der Waals surface area contributed by atoms with Gasteiger partial charge < -0.3 is 0 Å². The smallest absolute Gasteiger partial charge is 0.0179 e. The number of benzene rings is 1. The van der Waals surface area contributed by atoms with Gasteiger partial charge in [-0.1, -0.05) is 37.3 Å². The summed E-state index contributed by atoms with van der Waals surface area (Å²) in [6.07, 6.45) is 3.97. The van der Waals surface area contributed by atoms with Crippen molar-refractivity contribution in [1.29, 1.82) is 0 Å². The molecule has 0 nitrogen and oxygen atoms in total. The zero-order chi connectivity index (χ0) is 8.27. The lowest BCUT2D eigenvalue weighted by atomic mass is 10.1. The second-order valence-corrected chi connectivity index (χ2v) is 2.74. The Morgan fingerprint density at radius 1 is 1.36 bits per heavy atom. The van der Waals surface area contributed by atoms with E-state index >= 15 is 0 Å². The van der Waals surface area contributed by atoms with Gasteiger partial charge in [-0.05, 0) is 30.5 Å². The van der Waals surface area contributed by atoms with Gasteiger partial charge in [-0.25, -0.2) is 0 Å². The summed E-state index contributed by atoms with van der Waals surface area (Å²) in [4.78, 5) is 0. The molecule has 0 atom stereocenters. The fraction of sp³-hybridized carbons (Fsp3) is 0.273. The van der Waals surface area contributed by atoms with Gasteiger partial charge in [0.05, 0.1) is 0 Å². The maximum Gasteiger partial charge on any atom is -0.0179 e. The summed E-state index contributed by atoms with van der Waals surface area (Å²) in [5.41, 5.74) is 3.74. The molecule has 0 unspecified atom stereocenters. The summed E-state index contributed by atoms with van der Waals surface area (Å²) >= 11 is 0. The summed E-state index contributed by atoms with van der Waals surface area (Å²) in [5, 5.41) is 0. The average molecular weight is 145 g/mol. The maximum atomic E-state index is 3.62. The first-order valence-corrected chi connectivity index (χ1v) is 3.90. The van der Waals surface area contributed by atoms with Crippen molar-refractivity contribution in [2.24, 2.45) is 0 Å².